The third-order valence-corrected chi connectivity index (χ3v) is 5.34. The highest BCUT2D eigenvalue weighted by Gasteiger charge is 2.26. The number of amides is 2. The number of hydrogen-bond donors (Lipinski definition) is 3. The standard InChI is InChI=1S/C23H29N3O4/c1-3-4-5-6-14-30-17-12-10-16(11-13-17)22(28)25-26-23(29)21-15(2)20-18(24-21)8-7-9-19(20)27/h10-13,24H,3-9,14H2,1-2H3,(H,25,28)(H,26,29). The number of fused-ring (bicyclic) bond motifs is 1. The van der Waals surface area contributed by atoms with E-state index in [9.17, 15) is 14.4 Å². The lowest BCUT2D eigenvalue weighted by Gasteiger charge is -2.09. The minimum Gasteiger partial charge on any atom is -0.494 e. The van der Waals surface area contributed by atoms with E-state index in [1.807, 2.05) is 0 Å². The number of hydrogen-bond acceptors (Lipinski definition) is 4. The number of rotatable bonds is 8. The van der Waals surface area contributed by atoms with Crippen molar-refractivity contribution in [1.29, 1.82) is 0 Å². The Labute approximate surface area is 176 Å². The first-order valence-corrected chi connectivity index (χ1v) is 10.6. The van der Waals surface area contributed by atoms with Crippen LogP contribution in [0.5, 0.6) is 5.75 Å². The Morgan fingerprint density at radius 3 is 2.47 bits per heavy atom. The van der Waals surface area contributed by atoms with Crippen molar-refractivity contribution in [2.24, 2.45) is 0 Å². The van der Waals surface area contributed by atoms with Gasteiger partial charge in [0.05, 0.1) is 6.61 Å². The number of unbranched alkanes of at least 4 members (excludes halogenated alkanes) is 3. The number of carbonyl (C=O) groups excluding carboxylic acids is 3. The van der Waals surface area contributed by atoms with Crippen LogP contribution in [-0.4, -0.2) is 29.2 Å². The summed E-state index contributed by atoms with van der Waals surface area (Å²) in [6.07, 6.45) is 6.57. The fraction of sp³-hybridized carbons (Fsp3) is 0.435. The lowest BCUT2D eigenvalue weighted by atomic mass is 9.94. The van der Waals surface area contributed by atoms with Crippen LogP contribution in [0.4, 0.5) is 0 Å². The molecule has 160 valence electrons. The highest BCUT2D eigenvalue weighted by Crippen LogP contribution is 2.26. The first-order chi connectivity index (χ1) is 14.5. The fourth-order valence-corrected chi connectivity index (χ4v) is 3.67. The van der Waals surface area contributed by atoms with Crippen LogP contribution < -0.4 is 15.6 Å². The monoisotopic (exact) mass is 411 g/mol. The molecule has 7 heteroatoms. The molecule has 1 heterocycles. The Morgan fingerprint density at radius 1 is 1.03 bits per heavy atom. The molecule has 7 nitrogen and oxygen atoms in total. The smallest absolute Gasteiger partial charge is 0.286 e. The summed E-state index contributed by atoms with van der Waals surface area (Å²) < 4.78 is 5.67. The van der Waals surface area contributed by atoms with Gasteiger partial charge < -0.3 is 9.72 Å². The normalized spacial score (nSPS) is 12.9. The Balaban J connectivity index is 1.52. The Morgan fingerprint density at radius 2 is 1.77 bits per heavy atom. The molecule has 3 rings (SSSR count). The summed E-state index contributed by atoms with van der Waals surface area (Å²) in [5.74, 6) is -0.136. The molecule has 0 atom stereocenters. The molecule has 1 aliphatic carbocycles. The van der Waals surface area contributed by atoms with Crippen molar-refractivity contribution in [1.82, 2.24) is 15.8 Å². The third-order valence-electron chi connectivity index (χ3n) is 5.34. The van der Waals surface area contributed by atoms with E-state index < -0.39 is 11.8 Å². The van der Waals surface area contributed by atoms with Gasteiger partial charge in [-0.05, 0) is 56.0 Å². The zero-order chi connectivity index (χ0) is 21.5. The Hall–Kier alpha value is -3.09. The largest absolute Gasteiger partial charge is 0.494 e. The van der Waals surface area contributed by atoms with Gasteiger partial charge in [-0.3, -0.25) is 25.2 Å². The second-order valence-electron chi connectivity index (χ2n) is 7.60. The molecule has 1 aromatic heterocycles. The lowest BCUT2D eigenvalue weighted by Crippen LogP contribution is -2.42. The Kier molecular flexibility index (Phi) is 7.27. The molecular weight excluding hydrogens is 382 g/mol. The number of nitrogens with one attached hydrogen (secondary N) is 3. The molecule has 30 heavy (non-hydrogen) atoms. The summed E-state index contributed by atoms with van der Waals surface area (Å²) in [6.45, 7) is 4.57. The summed E-state index contributed by atoms with van der Waals surface area (Å²) >= 11 is 0. The summed E-state index contributed by atoms with van der Waals surface area (Å²) in [7, 11) is 0. The SMILES string of the molecule is CCCCCCOc1ccc(C(=O)NNC(=O)c2[nH]c3c(c2C)C(=O)CCC3)cc1. The summed E-state index contributed by atoms with van der Waals surface area (Å²) in [4.78, 5) is 39.9. The molecule has 0 unspecified atom stereocenters. The van der Waals surface area contributed by atoms with Crippen LogP contribution in [0.1, 0.15) is 87.9 Å². The minimum absolute atomic E-state index is 0.0563. The molecule has 2 aromatic rings. The molecule has 3 N–H and O–H groups in total. The lowest BCUT2D eigenvalue weighted by molar-refractivity contribution is 0.0843. The zero-order valence-electron chi connectivity index (χ0n) is 17.6. The number of ether oxygens (including phenoxy) is 1. The van der Waals surface area contributed by atoms with Crippen molar-refractivity contribution in [3.05, 3.63) is 52.3 Å². The first-order valence-electron chi connectivity index (χ1n) is 10.6. The quantitative estimate of drug-likeness (QED) is 0.453. The molecule has 0 saturated heterocycles. The molecular formula is C23H29N3O4. The van der Waals surface area contributed by atoms with Gasteiger partial charge in [0.15, 0.2) is 5.78 Å². The van der Waals surface area contributed by atoms with E-state index in [4.69, 9.17) is 4.74 Å². The third kappa shape index (κ3) is 5.09. The summed E-state index contributed by atoms with van der Waals surface area (Å²) in [6, 6.07) is 6.79. The number of aryl methyl sites for hydroxylation is 1. The van der Waals surface area contributed by atoms with E-state index in [1.54, 1.807) is 31.2 Å². The van der Waals surface area contributed by atoms with Crippen molar-refractivity contribution < 1.29 is 19.1 Å². The van der Waals surface area contributed by atoms with Gasteiger partial charge in [0.2, 0.25) is 0 Å². The van der Waals surface area contributed by atoms with Crippen LogP contribution in [0.25, 0.3) is 0 Å². The van der Waals surface area contributed by atoms with E-state index in [2.05, 4.69) is 22.8 Å². The number of aromatic amines is 1. The first kappa shape index (κ1) is 21.6. The minimum atomic E-state index is -0.477. The van der Waals surface area contributed by atoms with Gasteiger partial charge in [-0.25, -0.2) is 0 Å². The van der Waals surface area contributed by atoms with Gasteiger partial charge in [-0.15, -0.1) is 0 Å². The maximum atomic E-state index is 12.5. The van der Waals surface area contributed by atoms with Crippen molar-refractivity contribution in [2.45, 2.75) is 58.8 Å². The average Bonchev–Trinajstić information content (AvgIpc) is 3.10. The van der Waals surface area contributed by atoms with Crippen molar-refractivity contribution in [3.8, 4) is 5.75 Å². The Bertz CT molecular complexity index is 915. The van der Waals surface area contributed by atoms with Crippen LogP contribution in [0.3, 0.4) is 0 Å². The van der Waals surface area contributed by atoms with Gasteiger partial charge in [0.1, 0.15) is 11.4 Å². The molecule has 0 aliphatic heterocycles. The number of carbonyl (C=O) groups is 3. The van der Waals surface area contributed by atoms with Crippen molar-refractivity contribution in [3.63, 3.8) is 0 Å². The summed E-state index contributed by atoms with van der Waals surface area (Å²) in [5.41, 5.74) is 7.59. The molecule has 0 spiro atoms. The van der Waals surface area contributed by atoms with E-state index in [-0.39, 0.29) is 5.78 Å². The van der Waals surface area contributed by atoms with E-state index in [0.717, 1.165) is 31.4 Å². The second kappa shape index (κ2) is 10.1. The van der Waals surface area contributed by atoms with Gasteiger partial charge in [-0.1, -0.05) is 26.2 Å². The van der Waals surface area contributed by atoms with E-state index in [1.165, 1.54) is 12.8 Å². The van der Waals surface area contributed by atoms with Gasteiger partial charge in [-0.2, -0.15) is 0 Å². The maximum Gasteiger partial charge on any atom is 0.286 e. The van der Waals surface area contributed by atoms with Crippen LogP contribution >= 0.6 is 0 Å². The molecule has 0 radical (unpaired) electrons. The molecule has 1 aliphatic rings. The van der Waals surface area contributed by atoms with E-state index in [0.29, 0.717) is 41.2 Å². The fourth-order valence-electron chi connectivity index (χ4n) is 3.67. The summed E-state index contributed by atoms with van der Waals surface area (Å²) in [5, 5.41) is 0. The predicted molar refractivity (Wildman–Crippen MR) is 114 cm³/mol. The second-order valence-corrected chi connectivity index (χ2v) is 7.60. The van der Waals surface area contributed by atoms with Gasteiger partial charge in [0.25, 0.3) is 11.8 Å². The predicted octanol–water partition coefficient (Wildman–Crippen LogP) is 3.88. The number of ketones is 1. The number of hydrazine groups is 1. The van der Waals surface area contributed by atoms with Gasteiger partial charge in [0, 0.05) is 23.2 Å². The molecule has 0 saturated carbocycles. The van der Waals surface area contributed by atoms with E-state index >= 15 is 0 Å². The highest BCUT2D eigenvalue weighted by atomic mass is 16.5. The zero-order valence-corrected chi connectivity index (χ0v) is 17.6. The van der Waals surface area contributed by atoms with Crippen LogP contribution in [0, 0.1) is 6.92 Å². The highest BCUT2D eigenvalue weighted by molar-refractivity contribution is 6.05. The van der Waals surface area contributed by atoms with Crippen LogP contribution in [0.15, 0.2) is 24.3 Å². The van der Waals surface area contributed by atoms with Gasteiger partial charge >= 0.3 is 0 Å². The number of benzene rings is 1. The maximum absolute atomic E-state index is 12.5. The molecule has 2 amide bonds. The molecule has 1 aromatic carbocycles. The number of H-pyrrole nitrogens is 1. The molecule has 0 fully saturated rings. The number of aromatic nitrogens is 1. The topological polar surface area (TPSA) is 100 Å². The van der Waals surface area contributed by atoms with Crippen LogP contribution in [-0.2, 0) is 6.42 Å². The number of Topliss-reactive ketones (excluding diaryl/α,β-unsaturated/α-hetero) is 1. The molecule has 0 bridgehead atoms. The van der Waals surface area contributed by atoms with Crippen molar-refractivity contribution >= 4 is 17.6 Å². The van der Waals surface area contributed by atoms with Crippen molar-refractivity contribution in [2.75, 3.05) is 6.61 Å². The van der Waals surface area contributed by atoms with Crippen LogP contribution in [0.2, 0.25) is 0 Å². The average molecular weight is 412 g/mol.